The summed E-state index contributed by atoms with van der Waals surface area (Å²) >= 11 is 0. The first kappa shape index (κ1) is 13.8. The molecule has 3 rings (SSSR count). The normalized spacial score (nSPS) is 10.5. The summed E-state index contributed by atoms with van der Waals surface area (Å²) in [7, 11) is 0. The summed E-state index contributed by atoms with van der Waals surface area (Å²) in [4.78, 5) is 13.1. The molecule has 6 N–H and O–H groups in total. The highest BCUT2D eigenvalue weighted by Gasteiger charge is 2.08. The van der Waals surface area contributed by atoms with Gasteiger partial charge in [-0.3, -0.25) is 0 Å². The molecular weight excluding hydrogens is 276 g/mol. The fraction of sp³-hybridized carbons (Fsp3) is 0.0625. The van der Waals surface area contributed by atoms with E-state index in [0.29, 0.717) is 23.8 Å². The molecule has 0 radical (unpaired) electrons. The molecule has 6 heteroatoms. The number of aliphatic imine (C=N–C) groups is 1. The molecule has 0 aliphatic carbocycles. The zero-order valence-electron chi connectivity index (χ0n) is 11.9. The smallest absolute Gasteiger partial charge is 0.192 e. The quantitative estimate of drug-likeness (QED) is 0.386. The zero-order valence-corrected chi connectivity index (χ0v) is 11.9. The van der Waals surface area contributed by atoms with Crippen LogP contribution in [-0.2, 0) is 6.42 Å². The molecule has 0 amide bonds. The van der Waals surface area contributed by atoms with Crippen LogP contribution in [0.1, 0.15) is 11.4 Å². The molecule has 0 saturated carbocycles. The van der Waals surface area contributed by atoms with E-state index in [1.54, 1.807) is 0 Å². The largest absolute Gasteiger partial charge is 0.399 e. The Bertz CT molecular complexity index is 852. The van der Waals surface area contributed by atoms with Gasteiger partial charge in [0, 0.05) is 17.5 Å². The number of para-hydroxylation sites is 1. The average Bonchev–Trinajstić information content (AvgIpc) is 2.46. The number of nitrogens with two attached hydrogens (primary N) is 3. The summed E-state index contributed by atoms with van der Waals surface area (Å²) in [6.45, 7) is 0. The van der Waals surface area contributed by atoms with E-state index in [9.17, 15) is 0 Å². The van der Waals surface area contributed by atoms with Crippen molar-refractivity contribution in [1.29, 1.82) is 0 Å². The zero-order chi connectivity index (χ0) is 15.5. The molecule has 0 aliphatic heterocycles. The number of rotatable bonds is 3. The number of hydrogen-bond acceptors (Lipinski definition) is 4. The maximum absolute atomic E-state index is 5.80. The van der Waals surface area contributed by atoms with Gasteiger partial charge in [-0.2, -0.15) is 4.99 Å². The van der Waals surface area contributed by atoms with Crippen molar-refractivity contribution in [3.63, 3.8) is 0 Å². The molecule has 0 unspecified atom stereocenters. The molecule has 6 nitrogen and oxygen atoms in total. The number of anilines is 1. The van der Waals surface area contributed by atoms with Crippen LogP contribution in [0.5, 0.6) is 0 Å². The lowest BCUT2D eigenvalue weighted by atomic mass is 10.1. The van der Waals surface area contributed by atoms with Crippen LogP contribution in [0.25, 0.3) is 10.9 Å². The highest BCUT2D eigenvalue weighted by Crippen LogP contribution is 2.23. The van der Waals surface area contributed by atoms with Gasteiger partial charge in [-0.15, -0.1) is 0 Å². The van der Waals surface area contributed by atoms with Crippen LogP contribution < -0.4 is 17.2 Å². The van der Waals surface area contributed by atoms with Crippen LogP contribution in [0.15, 0.2) is 53.5 Å². The van der Waals surface area contributed by atoms with Crippen LogP contribution in [0, 0.1) is 0 Å². The number of hydrogen-bond donors (Lipinski definition) is 3. The van der Waals surface area contributed by atoms with Crippen LogP contribution >= 0.6 is 0 Å². The first-order valence-corrected chi connectivity index (χ1v) is 6.81. The van der Waals surface area contributed by atoms with Gasteiger partial charge in [0.2, 0.25) is 0 Å². The van der Waals surface area contributed by atoms with Crippen molar-refractivity contribution < 1.29 is 0 Å². The Morgan fingerprint density at radius 3 is 2.59 bits per heavy atom. The molecular formula is C16H16N6. The first-order valence-electron chi connectivity index (χ1n) is 6.81. The highest BCUT2D eigenvalue weighted by molar-refractivity contribution is 5.91. The van der Waals surface area contributed by atoms with Crippen molar-refractivity contribution in [2.24, 2.45) is 16.5 Å². The lowest BCUT2D eigenvalue weighted by molar-refractivity contribution is 0.990. The Morgan fingerprint density at radius 1 is 1.00 bits per heavy atom. The van der Waals surface area contributed by atoms with E-state index in [-0.39, 0.29) is 5.96 Å². The van der Waals surface area contributed by atoms with Crippen molar-refractivity contribution >= 4 is 28.4 Å². The van der Waals surface area contributed by atoms with Gasteiger partial charge >= 0.3 is 0 Å². The fourth-order valence-corrected chi connectivity index (χ4v) is 2.28. The maximum atomic E-state index is 5.80. The lowest BCUT2D eigenvalue weighted by Gasteiger charge is -2.06. The Balaban J connectivity index is 2.08. The Labute approximate surface area is 127 Å². The minimum atomic E-state index is -0.0289. The van der Waals surface area contributed by atoms with E-state index in [2.05, 4.69) is 15.0 Å². The van der Waals surface area contributed by atoms with Gasteiger partial charge in [-0.05, 0) is 29.8 Å². The number of nitrogen functional groups attached to an aromatic ring is 1. The SMILES string of the molecule is NC(N)=Nc1nc(Cc2cccc(N)c2)nc2ccccc12. The average molecular weight is 292 g/mol. The van der Waals surface area contributed by atoms with E-state index >= 15 is 0 Å². The Morgan fingerprint density at radius 2 is 1.82 bits per heavy atom. The molecule has 0 fully saturated rings. The molecule has 0 atom stereocenters. The maximum Gasteiger partial charge on any atom is 0.192 e. The van der Waals surface area contributed by atoms with Gasteiger partial charge < -0.3 is 17.2 Å². The minimum Gasteiger partial charge on any atom is -0.399 e. The van der Waals surface area contributed by atoms with E-state index in [0.717, 1.165) is 16.5 Å². The highest BCUT2D eigenvalue weighted by atomic mass is 15.1. The van der Waals surface area contributed by atoms with E-state index < -0.39 is 0 Å². The predicted octanol–water partition coefficient (Wildman–Crippen LogP) is 1.71. The second kappa shape index (κ2) is 5.69. The first-order chi connectivity index (χ1) is 10.6. The third-order valence-corrected chi connectivity index (χ3v) is 3.18. The number of benzene rings is 2. The van der Waals surface area contributed by atoms with Gasteiger partial charge in [0.15, 0.2) is 11.8 Å². The van der Waals surface area contributed by atoms with Crippen LogP contribution in [0.3, 0.4) is 0 Å². The molecule has 22 heavy (non-hydrogen) atoms. The predicted molar refractivity (Wildman–Crippen MR) is 88.7 cm³/mol. The van der Waals surface area contributed by atoms with Crippen molar-refractivity contribution in [3.05, 3.63) is 59.9 Å². The van der Waals surface area contributed by atoms with E-state index in [1.165, 1.54) is 0 Å². The molecule has 0 bridgehead atoms. The standard InChI is InChI=1S/C16H16N6/c17-11-5-3-4-10(8-11)9-14-20-13-7-2-1-6-12(13)15(21-14)22-16(18)19/h1-8H,9,17H2,(H4,18,19,20,21,22). The number of fused-ring (bicyclic) bond motifs is 1. The van der Waals surface area contributed by atoms with E-state index in [4.69, 9.17) is 17.2 Å². The molecule has 1 heterocycles. The van der Waals surface area contributed by atoms with Crippen molar-refractivity contribution in [2.45, 2.75) is 6.42 Å². The lowest BCUT2D eigenvalue weighted by Crippen LogP contribution is -2.22. The summed E-state index contributed by atoms with van der Waals surface area (Å²) in [5.41, 5.74) is 19.3. The third kappa shape index (κ3) is 2.95. The molecule has 110 valence electrons. The molecule has 2 aromatic carbocycles. The summed E-state index contributed by atoms with van der Waals surface area (Å²) in [6.07, 6.45) is 0.558. The van der Waals surface area contributed by atoms with Crippen LogP contribution in [-0.4, -0.2) is 15.9 Å². The molecule has 3 aromatic rings. The van der Waals surface area contributed by atoms with Crippen molar-refractivity contribution in [3.8, 4) is 0 Å². The minimum absolute atomic E-state index is 0.0289. The number of nitrogens with zero attached hydrogens (tertiary/aromatic N) is 3. The van der Waals surface area contributed by atoms with Crippen molar-refractivity contribution in [2.75, 3.05) is 5.73 Å². The summed E-state index contributed by atoms with van der Waals surface area (Å²) in [5, 5.41) is 0.812. The van der Waals surface area contributed by atoms with Gasteiger partial charge in [0.05, 0.1) is 5.52 Å². The van der Waals surface area contributed by atoms with Crippen LogP contribution in [0.2, 0.25) is 0 Å². The number of guanidine groups is 1. The number of aromatic nitrogens is 2. The topological polar surface area (TPSA) is 116 Å². The monoisotopic (exact) mass is 292 g/mol. The molecule has 0 spiro atoms. The van der Waals surface area contributed by atoms with Gasteiger partial charge in [-0.25, -0.2) is 9.97 Å². The molecule has 0 saturated heterocycles. The third-order valence-electron chi connectivity index (χ3n) is 3.18. The van der Waals surface area contributed by atoms with E-state index in [1.807, 2.05) is 48.5 Å². The molecule has 0 aliphatic rings. The fourth-order valence-electron chi connectivity index (χ4n) is 2.28. The van der Waals surface area contributed by atoms with Crippen molar-refractivity contribution in [1.82, 2.24) is 9.97 Å². The Kier molecular flexibility index (Phi) is 3.57. The van der Waals surface area contributed by atoms with Crippen LogP contribution in [0.4, 0.5) is 11.5 Å². The van der Waals surface area contributed by atoms with Gasteiger partial charge in [0.1, 0.15) is 5.82 Å². The summed E-state index contributed by atoms with van der Waals surface area (Å²) in [5.74, 6) is 1.09. The second-order valence-corrected chi connectivity index (χ2v) is 4.94. The van der Waals surface area contributed by atoms with Gasteiger partial charge in [-0.1, -0.05) is 24.3 Å². The Hall–Kier alpha value is -3.15. The molecule has 1 aromatic heterocycles. The summed E-state index contributed by atoms with van der Waals surface area (Å²) in [6, 6.07) is 15.2. The van der Waals surface area contributed by atoms with Gasteiger partial charge in [0.25, 0.3) is 0 Å². The second-order valence-electron chi connectivity index (χ2n) is 4.94. The summed E-state index contributed by atoms with van der Waals surface area (Å²) < 4.78 is 0.